The third-order valence-corrected chi connectivity index (χ3v) is 1.13. The van der Waals surface area contributed by atoms with Crippen molar-refractivity contribution < 1.29 is 4.74 Å². The van der Waals surface area contributed by atoms with Gasteiger partial charge in [0.15, 0.2) is 0 Å². The van der Waals surface area contributed by atoms with Crippen molar-refractivity contribution >= 4 is 0 Å². The van der Waals surface area contributed by atoms with Crippen LogP contribution >= 0.6 is 0 Å². The molecule has 0 amide bonds. The van der Waals surface area contributed by atoms with E-state index in [-0.39, 0.29) is 6.10 Å². The molecular weight excluding hydrogens is 100 g/mol. The maximum Gasteiger partial charge on any atom is 0.144 e. The third-order valence-electron chi connectivity index (χ3n) is 1.13. The van der Waals surface area contributed by atoms with Gasteiger partial charge in [-0.05, 0) is 6.92 Å². The lowest BCUT2D eigenvalue weighted by Gasteiger charge is -1.68. The first-order valence-corrected chi connectivity index (χ1v) is 2.98. The van der Waals surface area contributed by atoms with E-state index < -0.39 is 0 Å². The summed E-state index contributed by atoms with van der Waals surface area (Å²) in [6, 6.07) is 0. The van der Waals surface area contributed by atoms with Crippen molar-refractivity contribution in [2.45, 2.75) is 32.5 Å². The first-order valence-electron chi connectivity index (χ1n) is 2.98. The summed E-state index contributed by atoms with van der Waals surface area (Å²) < 4.78 is 5.05. The third kappa shape index (κ3) is 1.24. The van der Waals surface area contributed by atoms with Crippen LogP contribution in [0.25, 0.3) is 0 Å². The van der Waals surface area contributed by atoms with E-state index >= 15 is 0 Å². The van der Waals surface area contributed by atoms with Gasteiger partial charge in [0.2, 0.25) is 0 Å². The molecule has 1 heteroatoms. The lowest BCUT2D eigenvalue weighted by Crippen LogP contribution is -1.80. The number of epoxide rings is 1. The summed E-state index contributed by atoms with van der Waals surface area (Å²) in [5.74, 6) is 5.95. The predicted molar refractivity (Wildman–Crippen MR) is 32.4 cm³/mol. The largest absolute Gasteiger partial charge is 0.356 e. The van der Waals surface area contributed by atoms with E-state index in [0.29, 0.717) is 6.10 Å². The first kappa shape index (κ1) is 5.65. The fourth-order valence-corrected chi connectivity index (χ4v) is 0.540. The van der Waals surface area contributed by atoms with Crippen LogP contribution in [-0.4, -0.2) is 12.2 Å². The molecular formula is C7H10O. The van der Waals surface area contributed by atoms with E-state index in [4.69, 9.17) is 4.74 Å². The minimum Gasteiger partial charge on any atom is -0.356 e. The normalized spacial score (nSPS) is 33.2. The topological polar surface area (TPSA) is 12.5 Å². The molecule has 0 aromatic rings. The molecule has 0 aromatic heterocycles. The molecule has 1 aliphatic rings. The smallest absolute Gasteiger partial charge is 0.144 e. The molecule has 8 heavy (non-hydrogen) atoms. The quantitative estimate of drug-likeness (QED) is 0.337. The van der Waals surface area contributed by atoms with E-state index in [1.807, 2.05) is 13.8 Å². The van der Waals surface area contributed by atoms with Crippen LogP contribution in [0.2, 0.25) is 0 Å². The molecule has 2 atom stereocenters. The molecule has 0 aromatic carbocycles. The zero-order chi connectivity index (χ0) is 5.98. The Kier molecular flexibility index (Phi) is 1.55. The Morgan fingerprint density at radius 3 is 2.62 bits per heavy atom. The summed E-state index contributed by atoms with van der Waals surface area (Å²) in [5, 5.41) is 0. The molecule has 1 heterocycles. The zero-order valence-corrected chi connectivity index (χ0v) is 5.27. The van der Waals surface area contributed by atoms with Crippen LogP contribution < -0.4 is 0 Å². The van der Waals surface area contributed by atoms with Crippen molar-refractivity contribution in [2.75, 3.05) is 0 Å². The van der Waals surface area contributed by atoms with Crippen molar-refractivity contribution in [2.24, 2.45) is 0 Å². The summed E-state index contributed by atoms with van der Waals surface area (Å²) in [6.45, 7) is 4.08. The van der Waals surface area contributed by atoms with Crippen LogP contribution in [0.5, 0.6) is 0 Å². The number of rotatable bonds is 0. The molecule has 2 unspecified atom stereocenters. The zero-order valence-electron chi connectivity index (χ0n) is 5.27. The van der Waals surface area contributed by atoms with Crippen LogP contribution in [0.1, 0.15) is 20.3 Å². The Balaban J connectivity index is 2.21. The van der Waals surface area contributed by atoms with Gasteiger partial charge in [0.05, 0.1) is 6.10 Å². The monoisotopic (exact) mass is 110 g/mol. The van der Waals surface area contributed by atoms with Gasteiger partial charge >= 0.3 is 0 Å². The molecule has 1 fully saturated rings. The van der Waals surface area contributed by atoms with E-state index in [0.717, 1.165) is 6.42 Å². The Morgan fingerprint density at radius 1 is 1.62 bits per heavy atom. The molecule has 0 N–H and O–H groups in total. The SMILES string of the molecule is CCC#CC1OC1C. The Bertz CT molecular complexity index is 129. The maximum absolute atomic E-state index is 5.05. The van der Waals surface area contributed by atoms with Gasteiger partial charge in [-0.3, -0.25) is 0 Å². The van der Waals surface area contributed by atoms with Gasteiger partial charge in [-0.25, -0.2) is 0 Å². The van der Waals surface area contributed by atoms with Gasteiger partial charge in [0, 0.05) is 6.42 Å². The molecule has 0 aliphatic carbocycles. The first-order chi connectivity index (χ1) is 3.84. The van der Waals surface area contributed by atoms with E-state index in [2.05, 4.69) is 11.8 Å². The van der Waals surface area contributed by atoms with Gasteiger partial charge in [-0.15, -0.1) is 5.92 Å². The second-order valence-corrected chi connectivity index (χ2v) is 1.94. The standard InChI is InChI=1S/C7H10O/c1-3-4-5-7-6(2)8-7/h6-7H,3H2,1-2H3. The van der Waals surface area contributed by atoms with Crippen LogP contribution in [0, 0.1) is 11.8 Å². The molecule has 1 saturated heterocycles. The summed E-state index contributed by atoms with van der Waals surface area (Å²) in [4.78, 5) is 0. The van der Waals surface area contributed by atoms with Gasteiger partial charge in [0.25, 0.3) is 0 Å². The lowest BCUT2D eigenvalue weighted by molar-refractivity contribution is 0.403. The molecule has 1 rings (SSSR count). The maximum atomic E-state index is 5.05. The Morgan fingerprint density at radius 2 is 2.25 bits per heavy atom. The molecule has 0 bridgehead atoms. The molecule has 0 radical (unpaired) electrons. The number of hydrogen-bond acceptors (Lipinski definition) is 1. The van der Waals surface area contributed by atoms with Crippen molar-refractivity contribution in [1.29, 1.82) is 0 Å². The average molecular weight is 110 g/mol. The molecule has 0 spiro atoms. The van der Waals surface area contributed by atoms with E-state index in [1.54, 1.807) is 0 Å². The van der Waals surface area contributed by atoms with Crippen molar-refractivity contribution in [1.82, 2.24) is 0 Å². The molecule has 1 aliphatic heterocycles. The summed E-state index contributed by atoms with van der Waals surface area (Å²) >= 11 is 0. The van der Waals surface area contributed by atoms with Gasteiger partial charge in [0.1, 0.15) is 6.10 Å². The van der Waals surface area contributed by atoms with Crippen molar-refractivity contribution in [3.8, 4) is 11.8 Å². The Labute approximate surface area is 50.0 Å². The van der Waals surface area contributed by atoms with Crippen LogP contribution in [0.4, 0.5) is 0 Å². The highest BCUT2D eigenvalue weighted by Crippen LogP contribution is 2.19. The highest BCUT2D eigenvalue weighted by Gasteiger charge is 2.31. The summed E-state index contributed by atoms with van der Waals surface area (Å²) in [7, 11) is 0. The van der Waals surface area contributed by atoms with Crippen LogP contribution in [0.3, 0.4) is 0 Å². The lowest BCUT2D eigenvalue weighted by atomic mass is 10.3. The van der Waals surface area contributed by atoms with Gasteiger partial charge in [-0.1, -0.05) is 12.8 Å². The predicted octanol–water partition coefficient (Wildman–Crippen LogP) is 1.19. The number of hydrogen-bond donors (Lipinski definition) is 0. The van der Waals surface area contributed by atoms with Crippen LogP contribution in [0.15, 0.2) is 0 Å². The minimum absolute atomic E-state index is 0.259. The highest BCUT2D eigenvalue weighted by atomic mass is 16.6. The fourth-order valence-electron chi connectivity index (χ4n) is 0.540. The van der Waals surface area contributed by atoms with Crippen LogP contribution in [-0.2, 0) is 4.74 Å². The molecule has 0 saturated carbocycles. The molecule has 44 valence electrons. The summed E-state index contributed by atoms with van der Waals surface area (Å²) in [6.07, 6.45) is 1.59. The van der Waals surface area contributed by atoms with Crippen molar-refractivity contribution in [3.05, 3.63) is 0 Å². The minimum atomic E-state index is 0.259. The van der Waals surface area contributed by atoms with Crippen molar-refractivity contribution in [3.63, 3.8) is 0 Å². The highest BCUT2D eigenvalue weighted by molar-refractivity contribution is 5.12. The second-order valence-electron chi connectivity index (χ2n) is 1.94. The molecule has 1 nitrogen and oxygen atoms in total. The van der Waals surface area contributed by atoms with E-state index in [1.165, 1.54) is 0 Å². The van der Waals surface area contributed by atoms with E-state index in [9.17, 15) is 0 Å². The fraction of sp³-hybridized carbons (Fsp3) is 0.714. The second kappa shape index (κ2) is 2.19. The van der Waals surface area contributed by atoms with Gasteiger partial charge in [-0.2, -0.15) is 0 Å². The number of ether oxygens (including phenoxy) is 1. The van der Waals surface area contributed by atoms with Gasteiger partial charge < -0.3 is 4.74 Å². The summed E-state index contributed by atoms with van der Waals surface area (Å²) in [5.41, 5.74) is 0. The average Bonchev–Trinajstić information content (AvgIpc) is 2.42. The Hall–Kier alpha value is -0.480.